The first-order valence-electron chi connectivity index (χ1n) is 12.5. The van der Waals surface area contributed by atoms with Crippen molar-refractivity contribution in [3.63, 3.8) is 0 Å². The number of aromatic nitrogens is 1. The Hall–Kier alpha value is -3.97. The van der Waals surface area contributed by atoms with Crippen molar-refractivity contribution in [2.75, 3.05) is 44.2 Å². The summed E-state index contributed by atoms with van der Waals surface area (Å²) in [5.74, 6) is 0.952. The lowest BCUT2D eigenvalue weighted by Crippen LogP contribution is -2.47. The monoisotopic (exact) mass is 482 g/mol. The third-order valence-electron chi connectivity index (χ3n) is 6.59. The van der Waals surface area contributed by atoms with Crippen molar-refractivity contribution in [2.45, 2.75) is 12.8 Å². The highest BCUT2D eigenvalue weighted by Crippen LogP contribution is 2.26. The van der Waals surface area contributed by atoms with Gasteiger partial charge in [0.1, 0.15) is 17.0 Å². The topological polar surface area (TPSA) is 78.7 Å². The van der Waals surface area contributed by atoms with Gasteiger partial charge in [0, 0.05) is 44.5 Å². The minimum Gasteiger partial charge on any atom is -0.455 e. The van der Waals surface area contributed by atoms with Gasteiger partial charge in [-0.15, -0.1) is 0 Å². The van der Waals surface area contributed by atoms with Crippen LogP contribution < -0.4 is 15.6 Å². The number of carbonyl (C=O) groups excluding carboxylic acids is 1. The Balaban J connectivity index is 1.17. The summed E-state index contributed by atoms with van der Waals surface area (Å²) >= 11 is 0. The Morgan fingerprint density at radius 3 is 2.42 bits per heavy atom. The zero-order chi connectivity index (χ0) is 24.7. The molecule has 1 amide bonds. The maximum Gasteiger partial charge on any atom is 0.259 e. The van der Waals surface area contributed by atoms with Crippen molar-refractivity contribution in [2.24, 2.45) is 0 Å². The Morgan fingerprint density at radius 1 is 0.889 bits per heavy atom. The van der Waals surface area contributed by atoms with Crippen LogP contribution in [0.5, 0.6) is 0 Å². The van der Waals surface area contributed by atoms with E-state index in [0.29, 0.717) is 28.8 Å². The zero-order valence-corrected chi connectivity index (χ0v) is 20.2. The molecule has 2 aromatic carbocycles. The normalized spacial score (nSPS) is 14.2. The van der Waals surface area contributed by atoms with E-state index >= 15 is 0 Å². The number of amides is 1. The molecular weight excluding hydrogens is 452 g/mol. The molecule has 5 rings (SSSR count). The van der Waals surface area contributed by atoms with Crippen molar-refractivity contribution in [3.05, 3.63) is 94.8 Å². The van der Waals surface area contributed by atoms with Gasteiger partial charge in [-0.3, -0.25) is 14.5 Å². The van der Waals surface area contributed by atoms with Gasteiger partial charge in [-0.2, -0.15) is 0 Å². The molecule has 4 aromatic rings. The lowest BCUT2D eigenvalue weighted by atomic mass is 10.0. The number of piperazine rings is 1. The molecule has 0 atom stereocenters. The molecule has 184 valence electrons. The smallest absolute Gasteiger partial charge is 0.259 e. The third-order valence-corrected chi connectivity index (χ3v) is 6.59. The molecule has 7 heteroatoms. The van der Waals surface area contributed by atoms with Crippen LogP contribution in [-0.2, 0) is 0 Å². The highest BCUT2D eigenvalue weighted by Gasteiger charge is 2.22. The van der Waals surface area contributed by atoms with E-state index in [1.165, 1.54) is 0 Å². The predicted molar refractivity (Wildman–Crippen MR) is 142 cm³/mol. The minimum atomic E-state index is -0.391. The van der Waals surface area contributed by atoms with Crippen molar-refractivity contribution < 1.29 is 9.21 Å². The Bertz CT molecular complexity index is 1360. The fraction of sp³-hybridized carbons (Fsp3) is 0.276. The van der Waals surface area contributed by atoms with Crippen LogP contribution in [0.4, 0.5) is 5.82 Å². The van der Waals surface area contributed by atoms with Gasteiger partial charge < -0.3 is 14.6 Å². The van der Waals surface area contributed by atoms with Gasteiger partial charge in [-0.25, -0.2) is 4.98 Å². The van der Waals surface area contributed by atoms with Gasteiger partial charge in [-0.1, -0.05) is 48.5 Å². The molecule has 0 bridgehead atoms. The number of benzene rings is 2. The maximum absolute atomic E-state index is 13.3. The fourth-order valence-corrected chi connectivity index (χ4v) is 4.63. The molecule has 0 unspecified atom stereocenters. The molecule has 1 fully saturated rings. The Labute approximate surface area is 210 Å². The number of anilines is 1. The largest absolute Gasteiger partial charge is 0.455 e. The van der Waals surface area contributed by atoms with E-state index < -0.39 is 5.91 Å². The summed E-state index contributed by atoms with van der Waals surface area (Å²) in [4.78, 5) is 35.6. The van der Waals surface area contributed by atoms with Crippen molar-refractivity contribution in [1.29, 1.82) is 0 Å². The summed E-state index contributed by atoms with van der Waals surface area (Å²) < 4.78 is 6.05. The molecule has 7 nitrogen and oxygen atoms in total. The second-order valence-electron chi connectivity index (χ2n) is 8.98. The number of hydrogen-bond acceptors (Lipinski definition) is 6. The molecule has 3 heterocycles. The molecule has 1 aliphatic rings. The van der Waals surface area contributed by atoms with Gasteiger partial charge in [0.2, 0.25) is 5.43 Å². The molecule has 1 saturated heterocycles. The summed E-state index contributed by atoms with van der Waals surface area (Å²) in [5, 5.41) is 3.36. The van der Waals surface area contributed by atoms with Crippen LogP contribution in [0.15, 0.2) is 88.2 Å². The first-order valence-corrected chi connectivity index (χ1v) is 12.5. The van der Waals surface area contributed by atoms with Crippen LogP contribution in [0.1, 0.15) is 23.2 Å². The minimum absolute atomic E-state index is 0.0607. The van der Waals surface area contributed by atoms with E-state index in [2.05, 4.69) is 26.2 Å². The lowest BCUT2D eigenvalue weighted by molar-refractivity contribution is 0.0950. The zero-order valence-electron chi connectivity index (χ0n) is 20.2. The molecule has 0 spiro atoms. The average Bonchev–Trinajstić information content (AvgIpc) is 2.94. The number of unbranched alkanes of at least 4 members (excludes halogenated alkanes) is 1. The number of fused-ring (bicyclic) bond motifs is 1. The van der Waals surface area contributed by atoms with E-state index in [9.17, 15) is 9.59 Å². The Morgan fingerprint density at radius 2 is 1.64 bits per heavy atom. The molecule has 0 aliphatic carbocycles. The molecule has 36 heavy (non-hydrogen) atoms. The van der Waals surface area contributed by atoms with Gasteiger partial charge in [-0.05, 0) is 43.7 Å². The maximum atomic E-state index is 13.3. The predicted octanol–water partition coefficient (Wildman–Crippen LogP) is 4.19. The summed E-state index contributed by atoms with van der Waals surface area (Å²) in [7, 11) is 0. The van der Waals surface area contributed by atoms with E-state index in [1.54, 1.807) is 18.2 Å². The van der Waals surface area contributed by atoms with Gasteiger partial charge >= 0.3 is 0 Å². The molecule has 0 saturated carbocycles. The fourth-order valence-electron chi connectivity index (χ4n) is 4.63. The number of hydrogen-bond donors (Lipinski definition) is 1. The standard InChI is InChI=1S/C29H30N4O3/c34-27-23-12-4-5-13-24(23)36-28(22-10-2-1-3-11-22)26(27)29(35)31-16-8-9-17-32-18-20-33(21-19-32)25-14-6-7-15-30-25/h1-7,10-15H,8-9,16-21H2,(H,31,35). The summed E-state index contributed by atoms with van der Waals surface area (Å²) in [6.45, 7) is 5.43. The van der Waals surface area contributed by atoms with E-state index in [4.69, 9.17) is 4.42 Å². The van der Waals surface area contributed by atoms with Crippen LogP contribution in [0, 0.1) is 0 Å². The van der Waals surface area contributed by atoms with Crippen LogP contribution >= 0.6 is 0 Å². The molecule has 1 N–H and O–H groups in total. The third kappa shape index (κ3) is 5.31. The van der Waals surface area contributed by atoms with Crippen molar-refractivity contribution in [3.8, 4) is 11.3 Å². The van der Waals surface area contributed by atoms with Crippen molar-refractivity contribution in [1.82, 2.24) is 15.2 Å². The molecule has 1 aliphatic heterocycles. The highest BCUT2D eigenvalue weighted by atomic mass is 16.3. The lowest BCUT2D eigenvalue weighted by Gasteiger charge is -2.35. The number of rotatable bonds is 8. The summed E-state index contributed by atoms with van der Waals surface area (Å²) in [6.07, 6.45) is 3.65. The molecule has 2 aromatic heterocycles. The van der Waals surface area contributed by atoms with Gasteiger partial charge in [0.05, 0.1) is 5.39 Å². The summed E-state index contributed by atoms with van der Waals surface area (Å²) in [5.41, 5.74) is 0.931. The second kappa shape index (κ2) is 11.2. The van der Waals surface area contributed by atoms with E-state index in [0.717, 1.165) is 51.4 Å². The number of pyridine rings is 1. The van der Waals surface area contributed by atoms with Crippen molar-refractivity contribution >= 4 is 22.7 Å². The quantitative estimate of drug-likeness (QED) is 0.380. The number of nitrogens with zero attached hydrogens (tertiary/aromatic N) is 3. The molecular formula is C29H30N4O3. The highest BCUT2D eigenvalue weighted by molar-refractivity contribution is 6.02. The second-order valence-corrected chi connectivity index (χ2v) is 8.98. The number of nitrogens with one attached hydrogen (secondary N) is 1. The van der Waals surface area contributed by atoms with E-state index in [1.807, 2.05) is 54.7 Å². The van der Waals surface area contributed by atoms with Crippen LogP contribution in [-0.4, -0.2) is 55.1 Å². The van der Waals surface area contributed by atoms with Gasteiger partial charge in [0.25, 0.3) is 5.91 Å². The number of para-hydroxylation sites is 1. The number of carbonyl (C=O) groups is 1. The van der Waals surface area contributed by atoms with E-state index in [-0.39, 0.29) is 11.0 Å². The Kier molecular flexibility index (Phi) is 7.38. The van der Waals surface area contributed by atoms with Crippen LogP contribution in [0.3, 0.4) is 0 Å². The van der Waals surface area contributed by atoms with Gasteiger partial charge in [0.15, 0.2) is 5.76 Å². The average molecular weight is 483 g/mol. The van der Waals surface area contributed by atoms with Crippen LogP contribution in [0.2, 0.25) is 0 Å². The first-order chi connectivity index (χ1) is 17.7. The SMILES string of the molecule is O=C(NCCCCN1CCN(c2ccccn2)CC1)c1c(-c2ccccc2)oc2ccccc2c1=O. The summed E-state index contributed by atoms with van der Waals surface area (Å²) in [6, 6.07) is 22.4. The van der Waals surface area contributed by atoms with Crippen LogP contribution in [0.25, 0.3) is 22.3 Å². The molecule has 0 radical (unpaired) electrons. The first kappa shape index (κ1) is 23.8.